The van der Waals surface area contributed by atoms with Crippen LogP contribution in [0.5, 0.6) is 11.5 Å². The van der Waals surface area contributed by atoms with Crippen molar-refractivity contribution in [2.45, 2.75) is 0 Å². The fourth-order valence-electron chi connectivity index (χ4n) is 3.12. The number of hydrogen-bond acceptors (Lipinski definition) is 8. The van der Waals surface area contributed by atoms with Crippen LogP contribution in [0.2, 0.25) is 5.02 Å². The lowest BCUT2D eigenvalue weighted by atomic mass is 10.1. The Morgan fingerprint density at radius 1 is 1.03 bits per heavy atom. The summed E-state index contributed by atoms with van der Waals surface area (Å²) in [6, 6.07) is 14.7. The van der Waals surface area contributed by atoms with Crippen molar-refractivity contribution in [3.05, 3.63) is 101 Å². The third-order valence-electron chi connectivity index (χ3n) is 4.73. The van der Waals surface area contributed by atoms with E-state index in [1.54, 1.807) is 48.5 Å². The molecule has 1 heterocycles. The Balaban J connectivity index is 1.68. The number of nitrogens with zero attached hydrogens (tertiary/aromatic N) is 3. The van der Waals surface area contributed by atoms with Crippen LogP contribution in [0.4, 0.5) is 17.1 Å². The van der Waals surface area contributed by atoms with Crippen molar-refractivity contribution in [3.8, 4) is 11.5 Å². The Morgan fingerprint density at radius 3 is 2.46 bits per heavy atom. The first-order valence-electron chi connectivity index (χ1n) is 9.58. The van der Waals surface area contributed by atoms with Crippen molar-refractivity contribution in [2.24, 2.45) is 0 Å². The maximum absolute atomic E-state index is 13.1. The number of rotatable bonds is 6. The molecule has 3 aromatic carbocycles. The standard InChI is InChI=1S/C22H11BrClN3O6S2/c23-15-7-5-13(10-16(15)24)25-21(28)20(35-22(25)34)9-12-3-1-2-4-18(12)33-19-8-6-14(26(29)30)11-17(19)27(31)32/h1-11H/b20-9+. The van der Waals surface area contributed by atoms with Crippen molar-refractivity contribution in [1.82, 2.24) is 0 Å². The van der Waals surface area contributed by atoms with Crippen LogP contribution in [0.15, 0.2) is 70.0 Å². The first kappa shape index (κ1) is 24.8. The fourth-order valence-corrected chi connectivity index (χ4v) is 4.83. The fraction of sp³-hybridized carbons (Fsp3) is 0. The number of ether oxygens (including phenoxy) is 1. The van der Waals surface area contributed by atoms with Gasteiger partial charge in [0.05, 0.1) is 31.5 Å². The molecule has 0 N–H and O–H groups in total. The maximum Gasteiger partial charge on any atom is 0.318 e. The third kappa shape index (κ3) is 5.20. The van der Waals surface area contributed by atoms with Crippen molar-refractivity contribution < 1.29 is 19.4 Å². The van der Waals surface area contributed by atoms with Crippen molar-refractivity contribution in [1.29, 1.82) is 0 Å². The Hall–Kier alpha value is -3.32. The number of para-hydroxylation sites is 1. The van der Waals surface area contributed by atoms with Gasteiger partial charge in [0, 0.05) is 16.1 Å². The van der Waals surface area contributed by atoms with E-state index in [4.69, 9.17) is 28.6 Å². The van der Waals surface area contributed by atoms with Gasteiger partial charge in [-0.25, -0.2) is 0 Å². The average molecular weight is 593 g/mol. The average Bonchev–Trinajstić information content (AvgIpc) is 3.09. The molecule has 0 aromatic heterocycles. The zero-order valence-electron chi connectivity index (χ0n) is 17.2. The van der Waals surface area contributed by atoms with Crippen LogP contribution >= 0.6 is 51.5 Å². The molecule has 0 unspecified atom stereocenters. The van der Waals surface area contributed by atoms with E-state index < -0.39 is 21.2 Å². The van der Waals surface area contributed by atoms with Crippen LogP contribution in [0.1, 0.15) is 5.56 Å². The van der Waals surface area contributed by atoms with Gasteiger partial charge in [-0.3, -0.25) is 29.9 Å². The molecule has 0 radical (unpaired) electrons. The van der Waals surface area contributed by atoms with E-state index in [1.165, 1.54) is 4.90 Å². The number of carbonyl (C=O) groups excluding carboxylic acids is 1. The molecule has 1 saturated heterocycles. The molecule has 1 fully saturated rings. The first-order chi connectivity index (χ1) is 16.7. The molecule has 4 rings (SSSR count). The van der Waals surface area contributed by atoms with Gasteiger partial charge in [-0.1, -0.05) is 53.8 Å². The van der Waals surface area contributed by atoms with Gasteiger partial charge in [-0.2, -0.15) is 0 Å². The number of non-ortho nitro benzene ring substituents is 1. The van der Waals surface area contributed by atoms with Crippen molar-refractivity contribution in [2.75, 3.05) is 4.90 Å². The molecule has 13 heteroatoms. The molecule has 35 heavy (non-hydrogen) atoms. The van der Waals surface area contributed by atoms with E-state index >= 15 is 0 Å². The Kier molecular flexibility index (Phi) is 7.17. The number of thioether (sulfide) groups is 1. The number of carbonyl (C=O) groups is 1. The molecule has 0 aliphatic carbocycles. The molecule has 9 nitrogen and oxygen atoms in total. The smallest absolute Gasteiger partial charge is 0.318 e. The van der Waals surface area contributed by atoms with Gasteiger partial charge in [-0.05, 0) is 52.3 Å². The summed E-state index contributed by atoms with van der Waals surface area (Å²) in [6.07, 6.45) is 1.56. The summed E-state index contributed by atoms with van der Waals surface area (Å²) in [5.74, 6) is -0.339. The number of thiocarbonyl (C=S) groups is 1. The van der Waals surface area contributed by atoms with Crippen LogP contribution < -0.4 is 9.64 Å². The summed E-state index contributed by atoms with van der Waals surface area (Å²) in [5.41, 5.74) is -0.0360. The minimum atomic E-state index is -0.764. The van der Waals surface area contributed by atoms with Crippen molar-refractivity contribution >= 4 is 84.9 Å². The number of halogens is 2. The van der Waals surface area contributed by atoms with Gasteiger partial charge in [0.15, 0.2) is 4.32 Å². The molecule has 0 atom stereocenters. The summed E-state index contributed by atoms with van der Waals surface area (Å²) in [7, 11) is 0. The number of nitro groups is 2. The molecule has 0 saturated carbocycles. The SMILES string of the molecule is O=C1/C(=C\c2ccccc2Oc2ccc([N+](=O)[O-])cc2[N+](=O)[O-])SC(=S)N1c1ccc(Br)c(Cl)c1. The van der Waals surface area contributed by atoms with Crippen LogP contribution in [0.25, 0.3) is 6.08 Å². The first-order valence-corrected chi connectivity index (χ1v) is 12.0. The number of anilines is 1. The van der Waals surface area contributed by atoms with Crippen LogP contribution in [-0.2, 0) is 4.79 Å². The summed E-state index contributed by atoms with van der Waals surface area (Å²) >= 11 is 16.0. The van der Waals surface area contributed by atoms with Gasteiger partial charge in [0.2, 0.25) is 5.75 Å². The second kappa shape index (κ2) is 10.1. The number of hydrogen-bond donors (Lipinski definition) is 0. The lowest BCUT2D eigenvalue weighted by molar-refractivity contribution is -0.394. The Bertz CT molecular complexity index is 1450. The van der Waals surface area contributed by atoms with E-state index in [1.807, 2.05) is 0 Å². The highest BCUT2D eigenvalue weighted by molar-refractivity contribution is 9.10. The van der Waals surface area contributed by atoms with Gasteiger partial charge < -0.3 is 4.74 Å². The molecule has 1 amide bonds. The monoisotopic (exact) mass is 591 g/mol. The van der Waals surface area contributed by atoms with Crippen LogP contribution in [0, 0.1) is 20.2 Å². The molecular formula is C22H11BrClN3O6S2. The predicted molar refractivity (Wildman–Crippen MR) is 141 cm³/mol. The van der Waals surface area contributed by atoms with E-state index in [2.05, 4.69) is 15.9 Å². The molecule has 1 aliphatic rings. The van der Waals surface area contributed by atoms with E-state index in [0.717, 1.165) is 30.0 Å². The second-order valence-electron chi connectivity index (χ2n) is 6.92. The number of amides is 1. The predicted octanol–water partition coefficient (Wildman–Crippen LogP) is 7.12. The second-order valence-corrected chi connectivity index (χ2v) is 9.86. The molecule has 0 bridgehead atoms. The quantitative estimate of drug-likeness (QED) is 0.129. The summed E-state index contributed by atoms with van der Waals surface area (Å²) in [5, 5.41) is 22.9. The number of nitro benzene ring substituents is 2. The number of benzene rings is 3. The maximum atomic E-state index is 13.1. The lowest BCUT2D eigenvalue weighted by Gasteiger charge is -2.15. The van der Waals surface area contributed by atoms with Gasteiger partial charge in [-0.15, -0.1) is 0 Å². The zero-order valence-corrected chi connectivity index (χ0v) is 21.2. The Morgan fingerprint density at radius 2 is 1.77 bits per heavy atom. The Labute approximate surface area is 220 Å². The van der Waals surface area contributed by atoms with E-state index in [9.17, 15) is 25.0 Å². The molecule has 1 aliphatic heterocycles. The van der Waals surface area contributed by atoms with Crippen molar-refractivity contribution in [3.63, 3.8) is 0 Å². The highest BCUT2D eigenvalue weighted by Crippen LogP contribution is 2.40. The molecule has 3 aromatic rings. The topological polar surface area (TPSA) is 116 Å². The third-order valence-corrected chi connectivity index (χ3v) is 7.27. The van der Waals surface area contributed by atoms with E-state index in [0.29, 0.717) is 30.0 Å². The minimum Gasteiger partial charge on any atom is -0.449 e. The largest absolute Gasteiger partial charge is 0.449 e. The van der Waals surface area contributed by atoms with E-state index in [-0.39, 0.29) is 17.4 Å². The normalized spacial score (nSPS) is 14.5. The van der Waals surface area contributed by atoms with Crippen LogP contribution in [-0.4, -0.2) is 20.1 Å². The zero-order chi connectivity index (χ0) is 25.3. The lowest BCUT2D eigenvalue weighted by Crippen LogP contribution is -2.27. The summed E-state index contributed by atoms with van der Waals surface area (Å²) in [4.78, 5) is 35.7. The molecule has 176 valence electrons. The molecule has 0 spiro atoms. The highest BCUT2D eigenvalue weighted by Gasteiger charge is 2.34. The summed E-state index contributed by atoms with van der Waals surface area (Å²) < 4.78 is 6.74. The van der Waals surface area contributed by atoms with Crippen LogP contribution in [0.3, 0.4) is 0 Å². The van der Waals surface area contributed by atoms with Gasteiger partial charge >= 0.3 is 5.69 Å². The highest BCUT2D eigenvalue weighted by atomic mass is 79.9. The minimum absolute atomic E-state index is 0.182. The summed E-state index contributed by atoms with van der Waals surface area (Å²) in [6.45, 7) is 0. The van der Waals surface area contributed by atoms with Gasteiger partial charge in [0.1, 0.15) is 5.75 Å². The molecular weight excluding hydrogens is 582 g/mol. The van der Waals surface area contributed by atoms with Gasteiger partial charge in [0.25, 0.3) is 11.6 Å².